The number of rotatable bonds is 8. The Kier molecular flexibility index (Phi) is 10.1. The van der Waals surface area contributed by atoms with Crippen molar-refractivity contribution in [3.05, 3.63) is 23.8 Å². The van der Waals surface area contributed by atoms with E-state index in [4.69, 9.17) is 19.4 Å². The first-order valence-corrected chi connectivity index (χ1v) is 13.0. The Morgan fingerprint density at radius 2 is 1.92 bits per heavy atom. The van der Waals surface area contributed by atoms with Crippen molar-refractivity contribution in [2.75, 3.05) is 27.8 Å². The molecule has 2 bridgehead atoms. The summed E-state index contributed by atoms with van der Waals surface area (Å²) in [5, 5.41) is 10.1. The number of fused-ring (bicyclic) bond motifs is 2. The number of alkyl halides is 1. The summed E-state index contributed by atoms with van der Waals surface area (Å²) in [6.07, 6.45) is 4.14. The van der Waals surface area contributed by atoms with Gasteiger partial charge in [-0.15, -0.1) is 0 Å². The molecule has 3 fully saturated rings. The first kappa shape index (κ1) is 28.7. The van der Waals surface area contributed by atoms with Gasteiger partial charge < -0.3 is 29.7 Å². The van der Waals surface area contributed by atoms with Crippen LogP contribution in [0, 0.1) is 5.92 Å². The number of carboxylic acid groups (broad SMARTS) is 1. The molecule has 1 saturated heterocycles. The number of likely N-dealkylation sites (N-methyl/N-ethyl adjacent to an activating group) is 1. The van der Waals surface area contributed by atoms with Crippen LogP contribution in [0.2, 0.25) is 0 Å². The molecule has 6 atom stereocenters. The highest BCUT2D eigenvalue weighted by Gasteiger charge is 2.56. The van der Waals surface area contributed by atoms with E-state index in [0.29, 0.717) is 30.9 Å². The van der Waals surface area contributed by atoms with Gasteiger partial charge in [0.05, 0.1) is 26.2 Å². The molecular formula is C27H40FN3O6. The average Bonchev–Trinajstić information content (AvgIpc) is 3.43. The van der Waals surface area contributed by atoms with Crippen LogP contribution in [-0.4, -0.2) is 91.3 Å². The van der Waals surface area contributed by atoms with Gasteiger partial charge in [0.1, 0.15) is 12.2 Å². The number of carbonyl (C=O) groups is 3. The highest BCUT2D eigenvalue weighted by molar-refractivity contribution is 5.90. The first-order valence-electron chi connectivity index (χ1n) is 13.0. The number of nitrogens with one attached hydrogen (secondary N) is 1. The number of carbonyl (C=O) groups excluding carboxylic acids is 2. The van der Waals surface area contributed by atoms with Gasteiger partial charge in [-0.05, 0) is 70.3 Å². The fourth-order valence-corrected chi connectivity index (χ4v) is 6.19. The van der Waals surface area contributed by atoms with Crippen molar-refractivity contribution in [1.29, 1.82) is 0 Å². The van der Waals surface area contributed by atoms with Gasteiger partial charge in [0, 0.05) is 12.1 Å². The molecule has 3 aliphatic rings. The minimum atomic E-state index is -1.07. The number of methoxy groups -OCH3 is 1. The Bertz CT molecular complexity index is 945. The number of ether oxygens (including phenoxy) is 2. The highest BCUT2D eigenvalue weighted by atomic mass is 19.1. The molecule has 1 aliphatic heterocycles. The topological polar surface area (TPSA) is 108 Å². The predicted octanol–water partition coefficient (Wildman–Crippen LogP) is 2.65. The lowest BCUT2D eigenvalue weighted by Gasteiger charge is -2.40. The second-order valence-electron chi connectivity index (χ2n) is 10.2. The third-order valence-electron chi connectivity index (χ3n) is 7.75. The Morgan fingerprint density at radius 1 is 1.22 bits per heavy atom. The molecule has 0 spiro atoms. The van der Waals surface area contributed by atoms with Crippen LogP contribution in [0.5, 0.6) is 11.5 Å². The van der Waals surface area contributed by atoms with E-state index >= 15 is 0 Å². The molecule has 1 heterocycles. The quantitative estimate of drug-likeness (QED) is 0.507. The fourth-order valence-electron chi connectivity index (χ4n) is 6.19. The van der Waals surface area contributed by atoms with Crippen molar-refractivity contribution in [2.24, 2.45) is 5.92 Å². The number of hydrogen-bond donors (Lipinski definition) is 2. The predicted molar refractivity (Wildman–Crippen MR) is 136 cm³/mol. The first-order chi connectivity index (χ1) is 17.7. The van der Waals surface area contributed by atoms with E-state index in [0.717, 1.165) is 31.2 Å². The lowest BCUT2D eigenvalue weighted by molar-refractivity contribution is -0.144. The second-order valence-corrected chi connectivity index (χ2v) is 10.2. The lowest BCUT2D eigenvalue weighted by Crippen LogP contribution is -2.59. The molecular weight excluding hydrogens is 481 g/mol. The Morgan fingerprint density at radius 3 is 2.57 bits per heavy atom. The molecule has 2 amide bonds. The summed E-state index contributed by atoms with van der Waals surface area (Å²) in [4.78, 5) is 39.0. The number of benzene rings is 1. The van der Waals surface area contributed by atoms with Crippen LogP contribution in [0.1, 0.15) is 51.0 Å². The summed E-state index contributed by atoms with van der Waals surface area (Å²) in [5.74, 6) is 0.704. The molecule has 2 N–H and O–H groups in total. The van der Waals surface area contributed by atoms with Crippen LogP contribution in [0.4, 0.5) is 4.39 Å². The van der Waals surface area contributed by atoms with Crippen molar-refractivity contribution in [1.82, 2.24) is 15.1 Å². The van der Waals surface area contributed by atoms with Gasteiger partial charge in [-0.1, -0.05) is 18.9 Å². The number of likely N-dealkylation sites (tertiary alicyclic amines) is 1. The number of halogens is 1. The number of nitrogens with zero attached hydrogens (tertiary/aromatic N) is 2. The zero-order valence-corrected chi connectivity index (χ0v) is 22.2. The molecule has 0 aromatic heterocycles. The molecule has 0 radical (unpaired) electrons. The molecule has 2 unspecified atom stereocenters. The van der Waals surface area contributed by atoms with E-state index in [1.165, 1.54) is 0 Å². The molecule has 1 aromatic carbocycles. The maximum atomic E-state index is 14.7. The van der Waals surface area contributed by atoms with Gasteiger partial charge in [-0.3, -0.25) is 14.4 Å². The van der Waals surface area contributed by atoms with E-state index < -0.39 is 18.3 Å². The summed E-state index contributed by atoms with van der Waals surface area (Å²) in [6.45, 7) is 2.15. The molecule has 206 valence electrons. The van der Waals surface area contributed by atoms with Gasteiger partial charge >= 0.3 is 0 Å². The fraction of sp³-hybridized carbons (Fsp3) is 0.667. The van der Waals surface area contributed by atoms with E-state index in [9.17, 15) is 14.0 Å². The largest absolute Gasteiger partial charge is 0.493 e. The van der Waals surface area contributed by atoms with Crippen molar-refractivity contribution in [3.63, 3.8) is 0 Å². The summed E-state index contributed by atoms with van der Waals surface area (Å²) >= 11 is 0. The van der Waals surface area contributed by atoms with Gasteiger partial charge in [0.25, 0.3) is 6.47 Å². The van der Waals surface area contributed by atoms with Gasteiger partial charge in [-0.2, -0.15) is 0 Å². The maximum absolute atomic E-state index is 14.7. The zero-order valence-electron chi connectivity index (χ0n) is 22.2. The highest BCUT2D eigenvalue weighted by Crippen LogP contribution is 2.44. The van der Waals surface area contributed by atoms with Crippen LogP contribution in [0.15, 0.2) is 18.2 Å². The van der Waals surface area contributed by atoms with Crippen molar-refractivity contribution in [2.45, 2.75) is 82.2 Å². The van der Waals surface area contributed by atoms with E-state index in [-0.39, 0.29) is 42.7 Å². The Labute approximate surface area is 218 Å². The van der Waals surface area contributed by atoms with Gasteiger partial charge in [-0.25, -0.2) is 4.39 Å². The Balaban J connectivity index is 0.00000121. The molecule has 2 aliphatic carbocycles. The zero-order chi connectivity index (χ0) is 27.1. The summed E-state index contributed by atoms with van der Waals surface area (Å²) < 4.78 is 25.7. The van der Waals surface area contributed by atoms with Crippen LogP contribution < -0.4 is 14.8 Å². The van der Waals surface area contributed by atoms with Gasteiger partial charge in [0.2, 0.25) is 11.8 Å². The number of amides is 2. The third kappa shape index (κ3) is 6.52. The number of piperidine rings is 1. The van der Waals surface area contributed by atoms with Gasteiger partial charge in [0.15, 0.2) is 11.5 Å². The maximum Gasteiger partial charge on any atom is 0.290 e. The molecule has 2 saturated carbocycles. The average molecular weight is 522 g/mol. The van der Waals surface area contributed by atoms with E-state index in [1.807, 2.05) is 27.1 Å². The number of hydrogen-bond acceptors (Lipinski definition) is 6. The lowest BCUT2D eigenvalue weighted by atomic mass is 9.88. The third-order valence-corrected chi connectivity index (χ3v) is 7.75. The van der Waals surface area contributed by atoms with Crippen molar-refractivity contribution < 1.29 is 33.4 Å². The van der Waals surface area contributed by atoms with Crippen molar-refractivity contribution in [3.8, 4) is 11.5 Å². The normalized spacial score (nSPS) is 28.3. The smallest absolute Gasteiger partial charge is 0.290 e. The monoisotopic (exact) mass is 521 g/mol. The molecule has 4 rings (SSSR count). The van der Waals surface area contributed by atoms with Crippen LogP contribution in [-0.2, 0) is 20.8 Å². The minimum Gasteiger partial charge on any atom is -0.493 e. The molecule has 10 heteroatoms. The van der Waals surface area contributed by atoms with Crippen LogP contribution in [0.3, 0.4) is 0 Å². The van der Waals surface area contributed by atoms with Crippen LogP contribution in [0.25, 0.3) is 0 Å². The van der Waals surface area contributed by atoms with Crippen LogP contribution >= 0.6 is 0 Å². The Hall–Kier alpha value is -2.88. The minimum absolute atomic E-state index is 0.0591. The molecule has 9 nitrogen and oxygen atoms in total. The second kappa shape index (κ2) is 13.1. The molecule has 1 aromatic rings. The standard InChI is InChI=1S/C26H38FN3O4.CH2O2/c1-5-34-22-11-10-16(12-23(22)33-4)13-24(31)30-21-15-17(14-18(21)27)25(30)26(32)28-19-8-6-7-9-20(19)29(2)3;2-1-3/h10-12,17-21,25H,5-9,13-15H2,1-4H3,(H,28,32);1H,(H,2,3)/t17?,18-,19-,20-,21?,25-;/m0./s1. The summed E-state index contributed by atoms with van der Waals surface area (Å²) in [6, 6.07) is 4.62. The van der Waals surface area contributed by atoms with Crippen molar-refractivity contribution >= 4 is 18.3 Å². The SMILES string of the molecule is CCOc1ccc(CC(=O)N2C3CC(C[C@@H]3F)[C@H]2C(=O)N[C@H]2CCCC[C@@H]2N(C)C)cc1OC.O=CO. The molecule has 37 heavy (non-hydrogen) atoms. The summed E-state index contributed by atoms with van der Waals surface area (Å²) in [5.41, 5.74) is 0.752. The van der Waals surface area contributed by atoms with E-state index in [2.05, 4.69) is 10.2 Å². The summed E-state index contributed by atoms with van der Waals surface area (Å²) in [7, 11) is 5.64. The van der Waals surface area contributed by atoms with E-state index in [1.54, 1.807) is 24.1 Å².